The first-order chi connectivity index (χ1) is 10.1. The minimum Gasteiger partial charge on any atom is -0.493 e. The molecule has 1 aromatic carbocycles. The van der Waals surface area contributed by atoms with E-state index in [1.807, 2.05) is 6.07 Å². The van der Waals surface area contributed by atoms with Crippen molar-refractivity contribution >= 4 is 12.4 Å². The van der Waals surface area contributed by atoms with Gasteiger partial charge in [0.05, 0.1) is 20.4 Å². The summed E-state index contributed by atoms with van der Waals surface area (Å²) in [5, 5.41) is 14.6. The van der Waals surface area contributed by atoms with Crippen molar-refractivity contribution in [2.24, 2.45) is 5.10 Å². The second-order valence-electron chi connectivity index (χ2n) is 4.50. The fourth-order valence-electron chi connectivity index (χ4n) is 2.16. The molecule has 0 radical (unpaired) electrons. The van der Waals surface area contributed by atoms with Crippen molar-refractivity contribution in [1.82, 2.24) is 5.01 Å². The van der Waals surface area contributed by atoms with Gasteiger partial charge in [-0.1, -0.05) is 0 Å². The van der Waals surface area contributed by atoms with Crippen LogP contribution in [0, 0.1) is 0 Å². The Bertz CT molecular complexity index is 532. The molecule has 1 aromatic rings. The highest BCUT2D eigenvalue weighted by molar-refractivity contribution is 5.80. The van der Waals surface area contributed by atoms with E-state index in [4.69, 9.17) is 19.3 Å². The van der Waals surface area contributed by atoms with Crippen LogP contribution in [-0.2, 0) is 4.74 Å². The predicted molar refractivity (Wildman–Crippen MR) is 76.0 cm³/mol. The SMILES string of the molecule is COc1ccc(/C=N/N2CCCC2OC(=O)O)cc1OC. The highest BCUT2D eigenvalue weighted by Gasteiger charge is 2.26. The van der Waals surface area contributed by atoms with Gasteiger partial charge in [-0.05, 0) is 30.2 Å². The Hall–Kier alpha value is -2.44. The van der Waals surface area contributed by atoms with Crippen LogP contribution in [0.1, 0.15) is 18.4 Å². The topological polar surface area (TPSA) is 80.6 Å². The van der Waals surface area contributed by atoms with Gasteiger partial charge in [-0.25, -0.2) is 4.79 Å². The number of methoxy groups -OCH3 is 2. The van der Waals surface area contributed by atoms with Gasteiger partial charge in [0.15, 0.2) is 17.7 Å². The van der Waals surface area contributed by atoms with Gasteiger partial charge < -0.3 is 19.3 Å². The molecule has 21 heavy (non-hydrogen) atoms. The van der Waals surface area contributed by atoms with Crippen LogP contribution in [0.3, 0.4) is 0 Å². The Morgan fingerprint density at radius 1 is 1.38 bits per heavy atom. The summed E-state index contributed by atoms with van der Waals surface area (Å²) in [5.41, 5.74) is 0.827. The maximum absolute atomic E-state index is 10.6. The minimum absolute atomic E-state index is 0.515. The lowest BCUT2D eigenvalue weighted by Crippen LogP contribution is -2.29. The lowest BCUT2D eigenvalue weighted by Gasteiger charge is -2.19. The van der Waals surface area contributed by atoms with E-state index >= 15 is 0 Å². The maximum atomic E-state index is 10.6. The van der Waals surface area contributed by atoms with Crippen LogP contribution in [0.25, 0.3) is 0 Å². The van der Waals surface area contributed by atoms with Gasteiger partial charge in [0.1, 0.15) is 0 Å². The van der Waals surface area contributed by atoms with Gasteiger partial charge in [-0.2, -0.15) is 5.10 Å². The quantitative estimate of drug-likeness (QED) is 0.662. The van der Waals surface area contributed by atoms with Crippen LogP contribution in [0.15, 0.2) is 23.3 Å². The predicted octanol–water partition coefficient (Wildman–Crippen LogP) is 2.15. The second kappa shape index (κ2) is 6.83. The number of rotatable bonds is 5. The van der Waals surface area contributed by atoms with Crippen LogP contribution < -0.4 is 9.47 Å². The molecule has 1 N–H and O–H groups in total. The van der Waals surface area contributed by atoms with E-state index < -0.39 is 12.4 Å². The number of carbonyl (C=O) groups is 1. The van der Waals surface area contributed by atoms with Crippen LogP contribution in [0.2, 0.25) is 0 Å². The molecule has 2 rings (SSSR count). The summed E-state index contributed by atoms with van der Waals surface area (Å²) in [4.78, 5) is 10.6. The number of hydrogen-bond acceptors (Lipinski definition) is 6. The largest absolute Gasteiger partial charge is 0.507 e. The Labute approximate surface area is 122 Å². The van der Waals surface area contributed by atoms with Crippen molar-refractivity contribution in [3.05, 3.63) is 23.8 Å². The third-order valence-corrected chi connectivity index (χ3v) is 3.17. The molecule has 114 valence electrons. The average molecular weight is 294 g/mol. The molecule has 0 aliphatic carbocycles. The van der Waals surface area contributed by atoms with Crippen LogP contribution in [-0.4, -0.2) is 49.5 Å². The summed E-state index contributed by atoms with van der Waals surface area (Å²) in [5.74, 6) is 1.25. The number of nitrogens with zero attached hydrogens (tertiary/aromatic N) is 2. The molecule has 1 fully saturated rings. The van der Waals surface area contributed by atoms with Crippen LogP contribution in [0.4, 0.5) is 4.79 Å². The Morgan fingerprint density at radius 2 is 2.14 bits per heavy atom. The van der Waals surface area contributed by atoms with Crippen molar-refractivity contribution in [1.29, 1.82) is 0 Å². The van der Waals surface area contributed by atoms with Crippen molar-refractivity contribution in [3.63, 3.8) is 0 Å². The average Bonchev–Trinajstić information content (AvgIpc) is 2.91. The zero-order valence-electron chi connectivity index (χ0n) is 12.0. The number of hydrazone groups is 1. The first-order valence-electron chi connectivity index (χ1n) is 6.56. The van der Waals surface area contributed by atoms with Crippen molar-refractivity contribution < 1.29 is 24.1 Å². The van der Waals surface area contributed by atoms with Gasteiger partial charge in [-0.15, -0.1) is 0 Å². The zero-order chi connectivity index (χ0) is 15.2. The highest BCUT2D eigenvalue weighted by atomic mass is 16.7. The lowest BCUT2D eigenvalue weighted by molar-refractivity contribution is -0.0123. The molecule has 0 spiro atoms. The van der Waals surface area contributed by atoms with Gasteiger partial charge in [-0.3, -0.25) is 5.01 Å². The third-order valence-electron chi connectivity index (χ3n) is 3.17. The molecular formula is C14H18N2O5. The number of carboxylic acid groups (broad SMARTS) is 1. The van der Waals surface area contributed by atoms with Crippen LogP contribution >= 0.6 is 0 Å². The fourth-order valence-corrected chi connectivity index (χ4v) is 2.16. The third kappa shape index (κ3) is 3.77. The van der Waals surface area contributed by atoms with E-state index in [9.17, 15) is 4.79 Å². The van der Waals surface area contributed by atoms with Gasteiger partial charge in [0, 0.05) is 13.0 Å². The molecule has 1 atom stereocenters. The van der Waals surface area contributed by atoms with Crippen molar-refractivity contribution in [2.45, 2.75) is 19.1 Å². The molecule has 1 aliphatic rings. The Morgan fingerprint density at radius 3 is 2.81 bits per heavy atom. The summed E-state index contributed by atoms with van der Waals surface area (Å²) in [6.45, 7) is 0.668. The lowest BCUT2D eigenvalue weighted by atomic mass is 10.2. The molecule has 1 heterocycles. The summed E-state index contributed by atoms with van der Waals surface area (Å²) >= 11 is 0. The molecule has 1 unspecified atom stereocenters. The second-order valence-corrected chi connectivity index (χ2v) is 4.50. The van der Waals surface area contributed by atoms with Crippen molar-refractivity contribution in [2.75, 3.05) is 20.8 Å². The molecule has 7 heteroatoms. The van der Waals surface area contributed by atoms with E-state index in [2.05, 4.69) is 5.10 Å². The maximum Gasteiger partial charge on any atom is 0.507 e. The van der Waals surface area contributed by atoms with Crippen molar-refractivity contribution in [3.8, 4) is 11.5 Å². The summed E-state index contributed by atoms with van der Waals surface area (Å²) < 4.78 is 15.2. The van der Waals surface area contributed by atoms with Gasteiger partial charge >= 0.3 is 6.16 Å². The molecule has 1 saturated heterocycles. The van der Waals surface area contributed by atoms with E-state index in [1.165, 1.54) is 0 Å². The molecule has 0 amide bonds. The summed E-state index contributed by atoms with van der Waals surface area (Å²) in [6, 6.07) is 5.43. The van der Waals surface area contributed by atoms with E-state index in [0.29, 0.717) is 24.5 Å². The summed E-state index contributed by atoms with van der Waals surface area (Å²) in [6.07, 6.45) is 1.34. The molecule has 0 bridgehead atoms. The number of benzene rings is 1. The highest BCUT2D eigenvalue weighted by Crippen LogP contribution is 2.27. The smallest absolute Gasteiger partial charge is 0.493 e. The first kappa shape index (κ1) is 15.0. The molecule has 0 aromatic heterocycles. The molecule has 1 aliphatic heterocycles. The Kier molecular flexibility index (Phi) is 4.86. The number of hydrogen-bond donors (Lipinski definition) is 1. The Balaban J connectivity index is 2.08. The number of ether oxygens (including phenoxy) is 3. The minimum atomic E-state index is -1.28. The summed E-state index contributed by atoms with van der Waals surface area (Å²) in [7, 11) is 3.14. The van der Waals surface area contributed by atoms with E-state index in [1.54, 1.807) is 37.6 Å². The molecular weight excluding hydrogens is 276 g/mol. The zero-order valence-corrected chi connectivity index (χ0v) is 12.0. The van der Waals surface area contributed by atoms with Gasteiger partial charge in [0.2, 0.25) is 0 Å². The monoisotopic (exact) mass is 294 g/mol. The fraction of sp³-hybridized carbons (Fsp3) is 0.429. The molecule has 0 saturated carbocycles. The van der Waals surface area contributed by atoms with Crippen LogP contribution in [0.5, 0.6) is 11.5 Å². The van der Waals surface area contributed by atoms with Gasteiger partial charge in [0.25, 0.3) is 0 Å². The normalized spacial score (nSPS) is 18.0. The van der Waals surface area contributed by atoms with E-state index in [0.717, 1.165) is 12.0 Å². The molecule has 7 nitrogen and oxygen atoms in total. The van der Waals surface area contributed by atoms with E-state index in [-0.39, 0.29) is 0 Å². The standard InChI is InChI=1S/C14H18N2O5/c1-19-11-6-5-10(8-12(11)20-2)9-15-16-7-3-4-13(16)21-14(17)18/h5-6,8-9,13H,3-4,7H2,1-2H3,(H,17,18)/b15-9+. The first-order valence-corrected chi connectivity index (χ1v) is 6.56.